The number of thioether (sulfide) groups is 1. The van der Waals surface area contributed by atoms with Crippen molar-refractivity contribution >= 4 is 29.0 Å². The van der Waals surface area contributed by atoms with Gasteiger partial charge in [-0.15, -0.1) is 11.3 Å². The lowest BCUT2D eigenvalue weighted by atomic mass is 10.1. The number of nitrogens with zero attached hydrogens (tertiary/aromatic N) is 2. The highest BCUT2D eigenvalue weighted by Gasteiger charge is 2.14. The number of rotatable bonds is 6. The largest absolute Gasteiger partial charge is 0.337 e. The van der Waals surface area contributed by atoms with Crippen LogP contribution in [-0.2, 0) is 12.3 Å². The van der Waals surface area contributed by atoms with E-state index in [0.29, 0.717) is 5.56 Å². The number of halogens is 2. The lowest BCUT2D eigenvalue weighted by Crippen LogP contribution is -2.26. The summed E-state index contributed by atoms with van der Waals surface area (Å²) in [6, 6.07) is 10.7. The molecule has 0 saturated carbocycles. The van der Waals surface area contributed by atoms with Gasteiger partial charge in [0.2, 0.25) is 0 Å². The maximum absolute atomic E-state index is 13.8. The van der Waals surface area contributed by atoms with Gasteiger partial charge in [-0.05, 0) is 30.7 Å². The molecule has 0 bridgehead atoms. The third-order valence-corrected chi connectivity index (χ3v) is 6.14. The minimum absolute atomic E-state index is 0.0753. The van der Waals surface area contributed by atoms with E-state index in [1.54, 1.807) is 42.3 Å². The highest BCUT2D eigenvalue weighted by molar-refractivity contribution is 8.00. The zero-order chi connectivity index (χ0) is 19.4. The molecule has 140 valence electrons. The summed E-state index contributed by atoms with van der Waals surface area (Å²) < 4.78 is 27.8. The lowest BCUT2D eigenvalue weighted by molar-refractivity contribution is 0.0784. The van der Waals surface area contributed by atoms with Crippen molar-refractivity contribution in [3.05, 3.63) is 81.9 Å². The average Bonchev–Trinajstić information content (AvgIpc) is 3.07. The number of carbonyl (C=O) groups excluding carboxylic acids is 1. The minimum atomic E-state index is -0.653. The van der Waals surface area contributed by atoms with E-state index in [0.717, 1.165) is 27.4 Å². The quantitative estimate of drug-likeness (QED) is 0.523. The molecular formula is C20H18F2N2OS2. The molecular weight excluding hydrogens is 386 g/mol. The van der Waals surface area contributed by atoms with Crippen LogP contribution in [0.1, 0.15) is 27.2 Å². The van der Waals surface area contributed by atoms with Gasteiger partial charge in [-0.2, -0.15) is 0 Å². The Hall–Kier alpha value is -2.25. The first-order chi connectivity index (χ1) is 12.9. The predicted molar refractivity (Wildman–Crippen MR) is 105 cm³/mol. The number of hydrogen-bond donors (Lipinski definition) is 0. The highest BCUT2D eigenvalue weighted by Crippen LogP contribution is 2.26. The molecule has 3 nitrogen and oxygen atoms in total. The Morgan fingerprint density at radius 1 is 1.19 bits per heavy atom. The predicted octanol–water partition coefficient (Wildman–Crippen LogP) is 5.29. The molecule has 0 N–H and O–H groups in total. The van der Waals surface area contributed by atoms with Crippen LogP contribution in [0.3, 0.4) is 0 Å². The Kier molecular flexibility index (Phi) is 6.23. The molecule has 0 saturated heterocycles. The molecule has 7 heteroatoms. The van der Waals surface area contributed by atoms with Gasteiger partial charge in [0.15, 0.2) is 0 Å². The molecule has 0 aliphatic rings. The van der Waals surface area contributed by atoms with Gasteiger partial charge in [-0.1, -0.05) is 30.0 Å². The van der Waals surface area contributed by atoms with E-state index in [2.05, 4.69) is 4.98 Å². The van der Waals surface area contributed by atoms with Crippen LogP contribution in [0.2, 0.25) is 0 Å². The van der Waals surface area contributed by atoms with Crippen molar-refractivity contribution in [2.24, 2.45) is 0 Å². The summed E-state index contributed by atoms with van der Waals surface area (Å²) in [6.07, 6.45) is 0. The van der Waals surface area contributed by atoms with Crippen LogP contribution in [0, 0.1) is 18.6 Å². The summed E-state index contributed by atoms with van der Waals surface area (Å²) in [7, 11) is 1.60. The molecule has 0 aliphatic heterocycles. The molecule has 1 heterocycles. The summed E-state index contributed by atoms with van der Waals surface area (Å²) in [5, 5.41) is 2.02. The summed E-state index contributed by atoms with van der Waals surface area (Å²) >= 11 is 3.28. The van der Waals surface area contributed by atoms with Crippen LogP contribution < -0.4 is 0 Å². The Morgan fingerprint density at radius 3 is 2.56 bits per heavy atom. The van der Waals surface area contributed by atoms with Gasteiger partial charge in [-0.25, -0.2) is 13.8 Å². The van der Waals surface area contributed by atoms with Crippen LogP contribution in [0.4, 0.5) is 8.78 Å². The van der Waals surface area contributed by atoms with E-state index < -0.39 is 11.6 Å². The standard InChI is InChI=1S/C20H18F2N2OS2/c1-13-11-26-20(23-13)27-12-14-3-5-15(6-4-14)19(25)24(2)10-16-7-8-17(21)9-18(16)22/h3-9,11H,10,12H2,1-2H3. The van der Waals surface area contributed by atoms with Crippen molar-refractivity contribution < 1.29 is 13.6 Å². The van der Waals surface area contributed by atoms with Crippen molar-refractivity contribution in [3.63, 3.8) is 0 Å². The van der Waals surface area contributed by atoms with Gasteiger partial charge in [0, 0.05) is 47.6 Å². The molecule has 0 atom stereocenters. The monoisotopic (exact) mass is 404 g/mol. The first-order valence-electron chi connectivity index (χ1n) is 8.25. The Morgan fingerprint density at radius 2 is 1.93 bits per heavy atom. The first kappa shape index (κ1) is 19.5. The number of benzene rings is 2. The highest BCUT2D eigenvalue weighted by atomic mass is 32.2. The fourth-order valence-corrected chi connectivity index (χ4v) is 4.29. The zero-order valence-electron chi connectivity index (χ0n) is 14.9. The van der Waals surface area contributed by atoms with Crippen LogP contribution in [0.25, 0.3) is 0 Å². The molecule has 3 rings (SSSR count). The van der Waals surface area contributed by atoms with Crippen molar-refractivity contribution in [1.82, 2.24) is 9.88 Å². The van der Waals surface area contributed by atoms with E-state index in [9.17, 15) is 13.6 Å². The Bertz CT molecular complexity index is 941. The van der Waals surface area contributed by atoms with Gasteiger partial charge < -0.3 is 4.90 Å². The van der Waals surface area contributed by atoms with Crippen molar-refractivity contribution in [2.45, 2.75) is 23.6 Å². The van der Waals surface area contributed by atoms with E-state index in [4.69, 9.17) is 0 Å². The van der Waals surface area contributed by atoms with Gasteiger partial charge in [0.25, 0.3) is 5.91 Å². The summed E-state index contributed by atoms with van der Waals surface area (Å²) in [4.78, 5) is 18.4. The van der Waals surface area contributed by atoms with Gasteiger partial charge in [-0.3, -0.25) is 4.79 Å². The molecule has 0 unspecified atom stereocenters. The second-order valence-corrected chi connectivity index (χ2v) is 8.22. The van der Waals surface area contributed by atoms with Crippen molar-refractivity contribution in [1.29, 1.82) is 0 Å². The summed E-state index contributed by atoms with van der Waals surface area (Å²) in [5.74, 6) is -0.725. The maximum atomic E-state index is 13.8. The number of thiazole rings is 1. The average molecular weight is 405 g/mol. The molecule has 27 heavy (non-hydrogen) atoms. The molecule has 3 aromatic rings. The molecule has 0 fully saturated rings. The van der Waals surface area contributed by atoms with E-state index in [1.807, 2.05) is 24.4 Å². The minimum Gasteiger partial charge on any atom is -0.337 e. The van der Waals surface area contributed by atoms with Gasteiger partial charge in [0.1, 0.15) is 16.0 Å². The fraction of sp³-hybridized carbons (Fsp3) is 0.200. The maximum Gasteiger partial charge on any atom is 0.253 e. The Balaban J connectivity index is 1.60. The smallest absolute Gasteiger partial charge is 0.253 e. The first-order valence-corrected chi connectivity index (χ1v) is 10.1. The van der Waals surface area contributed by atoms with Crippen LogP contribution in [0.5, 0.6) is 0 Å². The number of hydrogen-bond acceptors (Lipinski definition) is 4. The van der Waals surface area contributed by atoms with Crippen LogP contribution >= 0.6 is 23.1 Å². The molecule has 0 radical (unpaired) electrons. The summed E-state index contributed by atoms with van der Waals surface area (Å²) in [5.41, 5.74) is 2.92. The third kappa shape index (κ3) is 5.14. The van der Waals surface area contributed by atoms with Gasteiger partial charge in [0.05, 0.1) is 0 Å². The molecule has 0 spiro atoms. The van der Waals surface area contributed by atoms with Gasteiger partial charge >= 0.3 is 0 Å². The van der Waals surface area contributed by atoms with Crippen LogP contribution in [0.15, 0.2) is 52.2 Å². The lowest BCUT2D eigenvalue weighted by Gasteiger charge is -2.18. The zero-order valence-corrected chi connectivity index (χ0v) is 16.5. The second-order valence-electron chi connectivity index (χ2n) is 6.14. The molecule has 0 aliphatic carbocycles. The van der Waals surface area contributed by atoms with Crippen LogP contribution in [-0.4, -0.2) is 22.8 Å². The summed E-state index contributed by atoms with van der Waals surface area (Å²) in [6.45, 7) is 2.04. The molecule has 1 aromatic heterocycles. The van der Waals surface area contributed by atoms with E-state index in [1.165, 1.54) is 17.0 Å². The second kappa shape index (κ2) is 8.63. The third-order valence-electron chi connectivity index (χ3n) is 3.93. The normalized spacial score (nSPS) is 10.8. The SMILES string of the molecule is Cc1csc(SCc2ccc(C(=O)N(C)Cc3ccc(F)cc3F)cc2)n1. The fourth-order valence-electron chi connectivity index (χ4n) is 2.48. The van der Waals surface area contributed by atoms with Crippen molar-refractivity contribution in [2.75, 3.05) is 7.05 Å². The topological polar surface area (TPSA) is 33.2 Å². The number of aryl methyl sites for hydroxylation is 1. The van der Waals surface area contributed by atoms with Crippen molar-refractivity contribution in [3.8, 4) is 0 Å². The number of carbonyl (C=O) groups is 1. The molecule has 2 aromatic carbocycles. The Labute approximate surface area is 165 Å². The molecule has 1 amide bonds. The number of amides is 1. The van der Waals surface area contributed by atoms with E-state index in [-0.39, 0.29) is 18.0 Å². The van der Waals surface area contributed by atoms with E-state index >= 15 is 0 Å². The number of aromatic nitrogens is 1.